The van der Waals surface area contributed by atoms with Crippen molar-refractivity contribution in [2.24, 2.45) is 0 Å². The molecular weight excluding hydrogens is 436 g/mol. The van der Waals surface area contributed by atoms with Crippen LogP contribution in [-0.4, -0.2) is 23.5 Å². The molecule has 1 heterocycles. The maximum atomic E-state index is 12.4. The number of ether oxygens (including phenoxy) is 2. The minimum absolute atomic E-state index is 0.0165. The van der Waals surface area contributed by atoms with Crippen LogP contribution < -0.4 is 9.64 Å². The largest absolute Gasteiger partial charge is 0.482 e. The summed E-state index contributed by atoms with van der Waals surface area (Å²) in [6.07, 6.45) is 0. The summed E-state index contributed by atoms with van der Waals surface area (Å²) < 4.78 is 10.9. The van der Waals surface area contributed by atoms with Crippen molar-refractivity contribution in [1.29, 1.82) is 0 Å². The van der Waals surface area contributed by atoms with E-state index in [9.17, 15) is 9.59 Å². The van der Waals surface area contributed by atoms with Crippen LogP contribution in [0.25, 0.3) is 0 Å². The van der Waals surface area contributed by atoms with E-state index >= 15 is 0 Å². The van der Waals surface area contributed by atoms with Crippen LogP contribution in [0.4, 0.5) is 10.8 Å². The number of aryl methyl sites for hydroxylation is 3. The molecular formula is C26H30N2O4S. The number of carbonyl (C=O) groups is 2. The maximum Gasteiger partial charge on any atom is 0.344 e. The minimum Gasteiger partial charge on any atom is -0.482 e. The van der Waals surface area contributed by atoms with Gasteiger partial charge in [0.2, 0.25) is 5.91 Å². The van der Waals surface area contributed by atoms with Crippen molar-refractivity contribution in [3.8, 4) is 5.75 Å². The summed E-state index contributed by atoms with van der Waals surface area (Å²) in [6.45, 7) is 11.6. The molecule has 1 aromatic heterocycles. The van der Waals surface area contributed by atoms with Gasteiger partial charge in [0.05, 0.1) is 11.4 Å². The third-order valence-corrected chi connectivity index (χ3v) is 6.11. The van der Waals surface area contributed by atoms with Crippen molar-refractivity contribution >= 4 is 34.0 Å². The Morgan fingerprint density at radius 3 is 2.45 bits per heavy atom. The highest BCUT2D eigenvalue weighted by atomic mass is 32.1. The molecule has 0 aliphatic heterocycles. The molecule has 0 aliphatic carbocycles. The quantitative estimate of drug-likeness (QED) is 0.381. The highest BCUT2D eigenvalue weighted by Gasteiger charge is 2.20. The number of nitrogens with zero attached hydrogens (tertiary/aromatic N) is 2. The van der Waals surface area contributed by atoms with Crippen LogP contribution in [0.3, 0.4) is 0 Å². The first-order chi connectivity index (χ1) is 15.7. The zero-order chi connectivity index (χ0) is 24.1. The van der Waals surface area contributed by atoms with Gasteiger partial charge >= 0.3 is 5.97 Å². The summed E-state index contributed by atoms with van der Waals surface area (Å²) in [4.78, 5) is 30.6. The molecule has 2 aromatic carbocycles. The summed E-state index contributed by atoms with van der Waals surface area (Å²) in [5, 5.41) is 2.33. The topological polar surface area (TPSA) is 68.7 Å². The van der Waals surface area contributed by atoms with Gasteiger partial charge in [0.25, 0.3) is 0 Å². The van der Waals surface area contributed by atoms with E-state index in [0.29, 0.717) is 22.5 Å². The van der Waals surface area contributed by atoms with Gasteiger partial charge in [-0.2, -0.15) is 0 Å². The van der Waals surface area contributed by atoms with Gasteiger partial charge in [0.1, 0.15) is 12.4 Å². The average Bonchev–Trinajstić information content (AvgIpc) is 3.20. The van der Waals surface area contributed by atoms with Crippen LogP contribution in [0.1, 0.15) is 54.6 Å². The number of hydrogen-bond donors (Lipinski definition) is 0. The molecule has 0 fully saturated rings. The van der Waals surface area contributed by atoms with Crippen molar-refractivity contribution in [3.05, 3.63) is 69.7 Å². The lowest BCUT2D eigenvalue weighted by molar-refractivity contribution is -0.147. The summed E-state index contributed by atoms with van der Waals surface area (Å²) in [5.74, 6) is 0.455. The summed E-state index contributed by atoms with van der Waals surface area (Å²) in [7, 11) is 0. The van der Waals surface area contributed by atoms with E-state index in [0.717, 1.165) is 22.4 Å². The number of aromatic nitrogens is 1. The standard InChI is InChI=1S/C26H30N2O4S/c1-16(2)23-9-8-22(12-18(23)4)31-14-25(30)32-13-21-15-33-26(27-21)28(20(6)29)24-10-7-17(3)11-19(24)5/h7-12,15-16H,13-14H2,1-6H3. The monoisotopic (exact) mass is 466 g/mol. The molecule has 0 saturated carbocycles. The molecule has 0 spiro atoms. The number of amides is 1. The first-order valence-corrected chi connectivity index (χ1v) is 11.7. The Morgan fingerprint density at radius 2 is 1.82 bits per heavy atom. The predicted molar refractivity (Wildman–Crippen MR) is 131 cm³/mol. The van der Waals surface area contributed by atoms with Gasteiger partial charge in [-0.25, -0.2) is 9.78 Å². The first kappa shape index (κ1) is 24.5. The molecule has 0 N–H and O–H groups in total. The number of anilines is 2. The van der Waals surface area contributed by atoms with Gasteiger partial charge in [-0.3, -0.25) is 9.69 Å². The third kappa shape index (κ3) is 6.20. The van der Waals surface area contributed by atoms with E-state index < -0.39 is 5.97 Å². The van der Waals surface area contributed by atoms with Gasteiger partial charge in [0, 0.05) is 12.3 Å². The Morgan fingerprint density at radius 1 is 1.06 bits per heavy atom. The molecule has 0 aliphatic rings. The van der Waals surface area contributed by atoms with Crippen molar-refractivity contribution < 1.29 is 19.1 Å². The zero-order valence-corrected chi connectivity index (χ0v) is 20.8. The SMILES string of the molecule is CC(=O)N(c1nc(COC(=O)COc2ccc(C(C)C)c(C)c2)cs1)c1ccc(C)cc1C. The Labute approximate surface area is 199 Å². The van der Waals surface area contributed by atoms with Gasteiger partial charge in [0.15, 0.2) is 11.7 Å². The second-order valence-corrected chi connectivity index (χ2v) is 9.22. The lowest BCUT2D eigenvalue weighted by Crippen LogP contribution is -2.23. The van der Waals surface area contributed by atoms with E-state index in [2.05, 4.69) is 18.8 Å². The fourth-order valence-corrected chi connectivity index (χ4v) is 4.52. The van der Waals surface area contributed by atoms with E-state index in [-0.39, 0.29) is 19.1 Å². The Kier molecular flexibility index (Phi) is 7.87. The summed E-state index contributed by atoms with van der Waals surface area (Å²) in [6, 6.07) is 11.7. The molecule has 0 saturated heterocycles. The van der Waals surface area contributed by atoms with Gasteiger partial charge in [-0.1, -0.05) is 37.6 Å². The second-order valence-electron chi connectivity index (χ2n) is 8.39. The second kappa shape index (κ2) is 10.6. The Bertz CT molecular complexity index is 1150. The Balaban J connectivity index is 1.59. The van der Waals surface area contributed by atoms with Crippen molar-refractivity contribution in [3.63, 3.8) is 0 Å². The molecule has 6 nitrogen and oxygen atoms in total. The number of benzene rings is 2. The normalized spacial score (nSPS) is 10.9. The summed E-state index contributed by atoms with van der Waals surface area (Å²) in [5.41, 5.74) is 5.87. The van der Waals surface area contributed by atoms with Crippen LogP contribution >= 0.6 is 11.3 Å². The number of carbonyl (C=O) groups excluding carboxylic acids is 2. The smallest absolute Gasteiger partial charge is 0.344 e. The fraction of sp³-hybridized carbons (Fsp3) is 0.346. The van der Waals surface area contributed by atoms with Crippen molar-refractivity contribution in [2.45, 2.75) is 54.1 Å². The van der Waals surface area contributed by atoms with E-state index in [4.69, 9.17) is 9.47 Å². The molecule has 3 aromatic rings. The summed E-state index contributed by atoms with van der Waals surface area (Å²) >= 11 is 1.33. The van der Waals surface area contributed by atoms with Crippen molar-refractivity contribution in [2.75, 3.05) is 11.5 Å². The highest BCUT2D eigenvalue weighted by molar-refractivity contribution is 7.14. The molecule has 0 bridgehead atoms. The molecule has 174 valence electrons. The van der Waals surface area contributed by atoms with Gasteiger partial charge < -0.3 is 9.47 Å². The van der Waals surface area contributed by atoms with Crippen LogP contribution in [-0.2, 0) is 20.9 Å². The molecule has 33 heavy (non-hydrogen) atoms. The highest BCUT2D eigenvalue weighted by Crippen LogP contribution is 2.32. The first-order valence-electron chi connectivity index (χ1n) is 10.9. The number of esters is 1. The number of hydrogen-bond acceptors (Lipinski definition) is 6. The number of thiazole rings is 1. The van der Waals surface area contributed by atoms with Gasteiger partial charge in [-0.15, -0.1) is 11.3 Å². The van der Waals surface area contributed by atoms with E-state index in [1.54, 1.807) is 10.3 Å². The predicted octanol–water partition coefficient (Wildman–Crippen LogP) is 6.00. The average molecular weight is 467 g/mol. The third-order valence-electron chi connectivity index (χ3n) is 5.24. The van der Waals surface area contributed by atoms with E-state index in [1.807, 2.05) is 57.2 Å². The molecule has 1 amide bonds. The molecule has 0 radical (unpaired) electrons. The van der Waals surface area contributed by atoms with Crippen molar-refractivity contribution in [1.82, 2.24) is 4.98 Å². The molecule has 3 rings (SSSR count). The van der Waals surface area contributed by atoms with E-state index in [1.165, 1.54) is 23.8 Å². The van der Waals surface area contributed by atoms with Crippen LogP contribution in [0.2, 0.25) is 0 Å². The molecule has 0 unspecified atom stereocenters. The minimum atomic E-state index is -0.479. The maximum absolute atomic E-state index is 12.4. The molecule has 0 atom stereocenters. The zero-order valence-electron chi connectivity index (χ0n) is 20.0. The van der Waals surface area contributed by atoms with Gasteiger partial charge in [-0.05, 0) is 61.6 Å². The number of rotatable bonds is 8. The molecule has 7 heteroatoms. The Hall–Kier alpha value is -3.19. The van der Waals surface area contributed by atoms with Crippen LogP contribution in [0.15, 0.2) is 41.8 Å². The fourth-order valence-electron chi connectivity index (χ4n) is 3.65. The van der Waals surface area contributed by atoms with Crippen LogP contribution in [0, 0.1) is 20.8 Å². The lowest BCUT2D eigenvalue weighted by atomic mass is 9.98. The lowest BCUT2D eigenvalue weighted by Gasteiger charge is -2.20. The van der Waals surface area contributed by atoms with Crippen LogP contribution in [0.5, 0.6) is 5.75 Å².